The lowest BCUT2D eigenvalue weighted by Crippen LogP contribution is -2.04. The van der Waals surface area contributed by atoms with Crippen LogP contribution in [0.2, 0.25) is 0 Å². The Kier molecular flexibility index (Phi) is 24.4. The van der Waals surface area contributed by atoms with Crippen molar-refractivity contribution in [1.29, 1.82) is 0 Å². The molecular formula is C22H44O6S. The third kappa shape index (κ3) is 34.9. The second-order valence-electron chi connectivity index (χ2n) is 7.33. The van der Waals surface area contributed by atoms with E-state index in [1.807, 2.05) is 6.92 Å². The molecule has 0 aliphatic rings. The third-order valence-corrected chi connectivity index (χ3v) is 4.85. The number of hydrogen-bond acceptors (Lipinski definition) is 4. The highest BCUT2D eigenvalue weighted by Crippen LogP contribution is 2.09. The average Bonchev–Trinajstić information content (AvgIpc) is 2.64. The first-order chi connectivity index (χ1) is 13.8. The second-order valence-corrected chi connectivity index (χ2v) is 8.42. The Morgan fingerprint density at radius 1 is 0.759 bits per heavy atom. The van der Waals surface area contributed by atoms with Crippen molar-refractivity contribution in [3.63, 3.8) is 0 Å². The molecule has 0 unspecified atom stereocenters. The number of hydrogen-bond donors (Lipinski definition) is 2. The number of carboxylic acid groups (broad SMARTS) is 1. The van der Waals surface area contributed by atoms with Gasteiger partial charge in [-0.15, -0.1) is 0 Å². The zero-order chi connectivity index (χ0) is 22.2. The highest BCUT2D eigenvalue weighted by atomic mass is 32.3. The molecule has 0 fully saturated rings. The van der Waals surface area contributed by atoms with Crippen LogP contribution in [0, 0.1) is 0 Å². The highest BCUT2D eigenvalue weighted by Gasteiger charge is 2.01. The molecule has 0 aliphatic heterocycles. The van der Waals surface area contributed by atoms with E-state index in [9.17, 15) is 13.2 Å². The Balaban J connectivity index is 0. The molecule has 0 amide bonds. The first-order valence-electron chi connectivity index (χ1n) is 11.3. The molecule has 0 atom stereocenters. The molecule has 6 nitrogen and oxygen atoms in total. The van der Waals surface area contributed by atoms with E-state index in [1.54, 1.807) is 0 Å². The molecule has 0 aliphatic carbocycles. The molecule has 0 aromatic rings. The molecule has 0 saturated carbocycles. The molecule has 0 aromatic heterocycles. The van der Waals surface area contributed by atoms with Gasteiger partial charge >= 0.3 is 16.4 Å². The van der Waals surface area contributed by atoms with Crippen molar-refractivity contribution < 1.29 is 27.1 Å². The standard InChI is InChI=1S/C18H34O2.C4H10O4S/c1-2-3-4-5-6-7-8-9-10-11-12-13-14-15-16-17-18(19)20;1-2-3-4-8-9(5,6)7/h9-10H,2-8,11-17H2,1H3,(H,19,20);2-4H2,1H3,(H,5,6,7)/b10-9-;. The van der Waals surface area contributed by atoms with E-state index >= 15 is 0 Å². The lowest BCUT2D eigenvalue weighted by Gasteiger charge is -1.99. The van der Waals surface area contributed by atoms with Crippen LogP contribution in [0.4, 0.5) is 0 Å². The Morgan fingerprint density at radius 3 is 1.66 bits per heavy atom. The van der Waals surface area contributed by atoms with Crippen LogP contribution in [0.25, 0.3) is 0 Å². The minimum absolute atomic E-state index is 0.0648. The van der Waals surface area contributed by atoms with Crippen LogP contribution in [0.3, 0.4) is 0 Å². The molecule has 174 valence electrons. The van der Waals surface area contributed by atoms with Crippen molar-refractivity contribution in [3.05, 3.63) is 12.2 Å². The molecule has 0 bridgehead atoms. The van der Waals surface area contributed by atoms with Crippen LogP contribution in [-0.2, 0) is 19.4 Å². The average molecular weight is 437 g/mol. The second kappa shape index (κ2) is 23.4. The lowest BCUT2D eigenvalue weighted by atomic mass is 10.1. The first kappa shape index (κ1) is 30.3. The minimum atomic E-state index is -4.20. The molecule has 29 heavy (non-hydrogen) atoms. The fourth-order valence-electron chi connectivity index (χ4n) is 2.66. The van der Waals surface area contributed by atoms with Crippen LogP contribution < -0.4 is 0 Å². The molecule has 0 rings (SSSR count). The Bertz CT molecular complexity index is 474. The van der Waals surface area contributed by atoms with Gasteiger partial charge in [0.25, 0.3) is 0 Å². The molecule has 0 spiro atoms. The van der Waals surface area contributed by atoms with Gasteiger partial charge in [0.05, 0.1) is 6.61 Å². The quantitative estimate of drug-likeness (QED) is 0.132. The third-order valence-electron chi connectivity index (χ3n) is 4.38. The Labute approximate surface area is 179 Å². The minimum Gasteiger partial charge on any atom is -0.481 e. The lowest BCUT2D eigenvalue weighted by molar-refractivity contribution is -0.137. The molecule has 0 radical (unpaired) electrons. The summed E-state index contributed by atoms with van der Waals surface area (Å²) in [6.45, 7) is 4.22. The maximum atomic E-state index is 10.3. The summed E-state index contributed by atoms with van der Waals surface area (Å²) in [6, 6.07) is 0. The smallest absolute Gasteiger partial charge is 0.397 e. The molecule has 7 heteroatoms. The van der Waals surface area contributed by atoms with Crippen molar-refractivity contribution in [2.24, 2.45) is 0 Å². The summed E-state index contributed by atoms with van der Waals surface area (Å²) >= 11 is 0. The Morgan fingerprint density at radius 2 is 1.21 bits per heavy atom. The van der Waals surface area contributed by atoms with Crippen molar-refractivity contribution in [1.82, 2.24) is 0 Å². The zero-order valence-corrected chi connectivity index (χ0v) is 19.4. The molecule has 0 aromatic carbocycles. The van der Waals surface area contributed by atoms with Gasteiger partial charge in [0.15, 0.2) is 0 Å². The predicted molar refractivity (Wildman–Crippen MR) is 119 cm³/mol. The van der Waals surface area contributed by atoms with Crippen LogP contribution in [0.5, 0.6) is 0 Å². The van der Waals surface area contributed by atoms with E-state index in [-0.39, 0.29) is 6.61 Å². The van der Waals surface area contributed by atoms with Crippen LogP contribution in [0.1, 0.15) is 117 Å². The largest absolute Gasteiger partial charge is 0.481 e. The summed E-state index contributed by atoms with van der Waals surface area (Å²) in [4.78, 5) is 10.3. The van der Waals surface area contributed by atoms with E-state index in [2.05, 4.69) is 23.3 Å². The molecule has 2 N–H and O–H groups in total. The fraction of sp³-hybridized carbons (Fsp3) is 0.864. The van der Waals surface area contributed by atoms with Gasteiger partial charge in [-0.3, -0.25) is 9.35 Å². The van der Waals surface area contributed by atoms with Gasteiger partial charge in [-0.05, 0) is 38.5 Å². The van der Waals surface area contributed by atoms with E-state index in [0.717, 1.165) is 19.3 Å². The maximum Gasteiger partial charge on any atom is 0.397 e. The number of unbranched alkanes of at least 4 members (excludes halogenated alkanes) is 12. The number of rotatable bonds is 19. The summed E-state index contributed by atoms with van der Waals surface area (Å²) in [6.07, 6.45) is 22.7. The van der Waals surface area contributed by atoms with Crippen molar-refractivity contribution >= 4 is 16.4 Å². The summed E-state index contributed by atoms with van der Waals surface area (Å²) < 4.78 is 31.7. The van der Waals surface area contributed by atoms with Crippen molar-refractivity contribution in [2.75, 3.05) is 6.61 Å². The number of carboxylic acids is 1. The molecule has 0 saturated heterocycles. The van der Waals surface area contributed by atoms with Crippen molar-refractivity contribution in [2.45, 2.75) is 117 Å². The van der Waals surface area contributed by atoms with Crippen LogP contribution >= 0.6 is 0 Å². The van der Waals surface area contributed by atoms with Gasteiger partial charge in [0, 0.05) is 6.42 Å². The van der Waals surface area contributed by atoms with Crippen LogP contribution in [0.15, 0.2) is 12.2 Å². The zero-order valence-electron chi connectivity index (χ0n) is 18.6. The van der Waals surface area contributed by atoms with E-state index < -0.39 is 16.4 Å². The van der Waals surface area contributed by atoms with E-state index in [4.69, 9.17) is 9.66 Å². The maximum absolute atomic E-state index is 10.3. The highest BCUT2D eigenvalue weighted by molar-refractivity contribution is 7.80. The van der Waals surface area contributed by atoms with Gasteiger partial charge in [0.1, 0.15) is 0 Å². The summed E-state index contributed by atoms with van der Waals surface area (Å²) in [5, 5.41) is 8.51. The normalized spacial score (nSPS) is 11.4. The van der Waals surface area contributed by atoms with Gasteiger partial charge < -0.3 is 5.11 Å². The predicted octanol–water partition coefficient (Wildman–Crippen LogP) is 6.71. The topological polar surface area (TPSA) is 101 Å². The van der Waals surface area contributed by atoms with Crippen LogP contribution in [-0.4, -0.2) is 30.7 Å². The number of carbonyl (C=O) groups is 1. The first-order valence-corrected chi connectivity index (χ1v) is 12.7. The summed E-state index contributed by atoms with van der Waals surface area (Å²) in [5.74, 6) is -0.664. The van der Waals surface area contributed by atoms with E-state index in [0.29, 0.717) is 12.8 Å². The molecular weight excluding hydrogens is 392 g/mol. The summed E-state index contributed by atoms with van der Waals surface area (Å²) in [5.41, 5.74) is 0. The Hall–Kier alpha value is -0.920. The van der Waals surface area contributed by atoms with Crippen molar-refractivity contribution in [3.8, 4) is 0 Å². The van der Waals surface area contributed by atoms with Gasteiger partial charge in [-0.1, -0.05) is 83.8 Å². The monoisotopic (exact) mass is 436 g/mol. The van der Waals surface area contributed by atoms with E-state index in [1.165, 1.54) is 70.6 Å². The van der Waals surface area contributed by atoms with Gasteiger partial charge in [-0.2, -0.15) is 8.42 Å². The SMILES string of the molecule is CCCCCCCC/C=C\CCCCCCCC(=O)O.CCCCOS(=O)(=O)O. The summed E-state index contributed by atoms with van der Waals surface area (Å²) in [7, 11) is -4.20. The number of aliphatic carboxylic acids is 1. The molecule has 0 heterocycles. The van der Waals surface area contributed by atoms with Gasteiger partial charge in [-0.25, -0.2) is 4.18 Å². The van der Waals surface area contributed by atoms with Gasteiger partial charge in [0.2, 0.25) is 0 Å². The number of allylic oxidation sites excluding steroid dienone is 2. The fourth-order valence-corrected chi connectivity index (χ4v) is 2.98.